The summed E-state index contributed by atoms with van der Waals surface area (Å²) in [6, 6.07) is 9.80. The molecule has 0 saturated carbocycles. The lowest BCUT2D eigenvalue weighted by Crippen LogP contribution is -2.17. The summed E-state index contributed by atoms with van der Waals surface area (Å²) in [7, 11) is 0. The van der Waals surface area contributed by atoms with Gasteiger partial charge >= 0.3 is 5.97 Å². The van der Waals surface area contributed by atoms with Crippen LogP contribution >= 0.6 is 0 Å². The van der Waals surface area contributed by atoms with Gasteiger partial charge in [0, 0.05) is 5.92 Å². The van der Waals surface area contributed by atoms with Crippen molar-refractivity contribution >= 4 is 5.97 Å². The predicted octanol–water partition coefficient (Wildman–Crippen LogP) is 2.43. The number of aliphatic carboxylic acids is 1. The molecule has 72 valence electrons. The van der Waals surface area contributed by atoms with Crippen LogP contribution in [0.4, 0.5) is 0 Å². The number of rotatable bonds is 2. The van der Waals surface area contributed by atoms with Crippen LogP contribution in [-0.2, 0) is 4.79 Å². The lowest BCUT2D eigenvalue weighted by molar-refractivity contribution is -0.141. The Hall–Kier alpha value is -1.57. The zero-order valence-electron chi connectivity index (χ0n) is 7.76. The lowest BCUT2D eigenvalue weighted by Gasteiger charge is -2.15. The van der Waals surface area contributed by atoms with Crippen molar-refractivity contribution in [1.82, 2.24) is 0 Å². The summed E-state index contributed by atoms with van der Waals surface area (Å²) >= 11 is 0. The molecule has 1 N–H and O–H groups in total. The van der Waals surface area contributed by atoms with Crippen LogP contribution in [0.2, 0.25) is 0 Å². The molecule has 0 aromatic heterocycles. The summed E-state index contributed by atoms with van der Waals surface area (Å²) < 4.78 is 0. The third-order valence-electron chi connectivity index (χ3n) is 2.67. The topological polar surface area (TPSA) is 37.3 Å². The first kappa shape index (κ1) is 9.00. The molecule has 2 rings (SSSR count). The van der Waals surface area contributed by atoms with Gasteiger partial charge in [0.05, 0.1) is 5.92 Å². The Kier molecular flexibility index (Phi) is 2.35. The molecule has 0 saturated heterocycles. The fourth-order valence-electron chi connectivity index (χ4n) is 1.93. The molecular formula is C12H12O2. The fourth-order valence-corrected chi connectivity index (χ4v) is 1.93. The highest BCUT2D eigenvalue weighted by Crippen LogP contribution is 2.34. The first-order chi connectivity index (χ1) is 6.79. The molecule has 2 heteroatoms. The van der Waals surface area contributed by atoms with E-state index in [1.165, 1.54) is 0 Å². The standard InChI is InChI=1S/C12H12O2/c13-12(14)11-8-4-7-10(11)9-5-2-1-3-6-9/h1-7,10-11H,8H2,(H,13,14)/t10-,11-/m0/s1. The molecule has 2 nitrogen and oxygen atoms in total. The normalized spacial score (nSPS) is 25.1. The average Bonchev–Trinajstić information content (AvgIpc) is 2.67. The average molecular weight is 188 g/mol. The molecule has 1 aliphatic carbocycles. The third-order valence-corrected chi connectivity index (χ3v) is 2.67. The molecule has 0 bridgehead atoms. The highest BCUT2D eigenvalue weighted by atomic mass is 16.4. The third kappa shape index (κ3) is 1.55. The van der Waals surface area contributed by atoms with Gasteiger partial charge in [0.25, 0.3) is 0 Å². The zero-order valence-corrected chi connectivity index (χ0v) is 7.76. The number of benzene rings is 1. The van der Waals surface area contributed by atoms with Gasteiger partial charge in [-0.15, -0.1) is 0 Å². The van der Waals surface area contributed by atoms with Gasteiger partial charge in [-0.2, -0.15) is 0 Å². The molecule has 0 fully saturated rings. The second-order valence-electron chi connectivity index (χ2n) is 3.55. The molecular weight excluding hydrogens is 176 g/mol. The number of carboxylic acids is 1. The Morgan fingerprint density at radius 2 is 2.00 bits per heavy atom. The van der Waals surface area contributed by atoms with Crippen LogP contribution in [0.5, 0.6) is 0 Å². The number of hydrogen-bond acceptors (Lipinski definition) is 1. The summed E-state index contributed by atoms with van der Waals surface area (Å²) in [5, 5.41) is 9.00. The minimum Gasteiger partial charge on any atom is -0.481 e. The highest BCUT2D eigenvalue weighted by Gasteiger charge is 2.29. The fraction of sp³-hybridized carbons (Fsp3) is 0.250. The Balaban J connectivity index is 2.26. The van der Waals surface area contributed by atoms with E-state index in [1.54, 1.807) is 0 Å². The summed E-state index contributed by atoms with van der Waals surface area (Å²) in [6.07, 6.45) is 4.60. The monoisotopic (exact) mass is 188 g/mol. The molecule has 1 aromatic carbocycles. The SMILES string of the molecule is O=C(O)[C@H]1CC=C[C@H]1c1ccccc1. The van der Waals surface area contributed by atoms with Crippen LogP contribution in [0.1, 0.15) is 17.9 Å². The molecule has 1 aliphatic rings. The Bertz CT molecular complexity index is 354. The van der Waals surface area contributed by atoms with Crippen molar-refractivity contribution in [2.75, 3.05) is 0 Å². The maximum Gasteiger partial charge on any atom is 0.307 e. The lowest BCUT2D eigenvalue weighted by atomic mass is 9.89. The smallest absolute Gasteiger partial charge is 0.307 e. The largest absolute Gasteiger partial charge is 0.481 e. The number of allylic oxidation sites excluding steroid dienone is 2. The van der Waals surface area contributed by atoms with Crippen LogP contribution < -0.4 is 0 Å². The Morgan fingerprint density at radius 3 is 2.64 bits per heavy atom. The van der Waals surface area contributed by atoms with E-state index in [0.29, 0.717) is 6.42 Å². The van der Waals surface area contributed by atoms with Crippen molar-refractivity contribution in [2.45, 2.75) is 12.3 Å². The zero-order chi connectivity index (χ0) is 9.97. The summed E-state index contributed by atoms with van der Waals surface area (Å²) in [5.74, 6) is -0.935. The van der Waals surface area contributed by atoms with Crippen molar-refractivity contribution in [3.8, 4) is 0 Å². The van der Waals surface area contributed by atoms with Crippen molar-refractivity contribution in [3.63, 3.8) is 0 Å². The van der Waals surface area contributed by atoms with Gasteiger partial charge < -0.3 is 5.11 Å². The summed E-state index contributed by atoms with van der Waals surface area (Å²) in [4.78, 5) is 10.9. The van der Waals surface area contributed by atoms with Gasteiger partial charge in [-0.1, -0.05) is 42.5 Å². The van der Waals surface area contributed by atoms with Crippen LogP contribution in [0, 0.1) is 5.92 Å². The second-order valence-corrected chi connectivity index (χ2v) is 3.55. The number of hydrogen-bond donors (Lipinski definition) is 1. The molecule has 1 aromatic rings. The van der Waals surface area contributed by atoms with Crippen LogP contribution in [0.15, 0.2) is 42.5 Å². The van der Waals surface area contributed by atoms with E-state index < -0.39 is 5.97 Å². The highest BCUT2D eigenvalue weighted by molar-refractivity contribution is 5.73. The first-order valence-corrected chi connectivity index (χ1v) is 4.73. The Morgan fingerprint density at radius 1 is 1.29 bits per heavy atom. The van der Waals surface area contributed by atoms with E-state index in [0.717, 1.165) is 5.56 Å². The number of carbonyl (C=O) groups is 1. The van der Waals surface area contributed by atoms with Crippen molar-refractivity contribution in [1.29, 1.82) is 0 Å². The number of carboxylic acid groups (broad SMARTS) is 1. The van der Waals surface area contributed by atoms with Crippen molar-refractivity contribution < 1.29 is 9.90 Å². The molecule has 0 heterocycles. The molecule has 0 radical (unpaired) electrons. The van der Waals surface area contributed by atoms with Crippen molar-refractivity contribution in [2.24, 2.45) is 5.92 Å². The van der Waals surface area contributed by atoms with E-state index in [1.807, 2.05) is 42.5 Å². The van der Waals surface area contributed by atoms with E-state index >= 15 is 0 Å². The minimum absolute atomic E-state index is 0.0497. The van der Waals surface area contributed by atoms with Gasteiger partial charge in [0.15, 0.2) is 0 Å². The molecule has 0 unspecified atom stereocenters. The van der Waals surface area contributed by atoms with Gasteiger partial charge in [0.1, 0.15) is 0 Å². The van der Waals surface area contributed by atoms with Crippen LogP contribution in [-0.4, -0.2) is 11.1 Å². The van der Waals surface area contributed by atoms with E-state index in [-0.39, 0.29) is 11.8 Å². The summed E-state index contributed by atoms with van der Waals surface area (Å²) in [5.41, 5.74) is 1.09. The van der Waals surface area contributed by atoms with E-state index in [2.05, 4.69) is 0 Å². The predicted molar refractivity (Wildman–Crippen MR) is 54.1 cm³/mol. The maximum absolute atomic E-state index is 10.9. The molecule has 0 amide bonds. The van der Waals surface area contributed by atoms with Crippen molar-refractivity contribution in [3.05, 3.63) is 48.0 Å². The van der Waals surface area contributed by atoms with Gasteiger partial charge in [-0.05, 0) is 12.0 Å². The molecule has 14 heavy (non-hydrogen) atoms. The van der Waals surface area contributed by atoms with Gasteiger partial charge in [0.2, 0.25) is 0 Å². The molecule has 2 atom stereocenters. The second kappa shape index (κ2) is 3.66. The van der Waals surface area contributed by atoms with Crippen LogP contribution in [0.3, 0.4) is 0 Å². The van der Waals surface area contributed by atoms with Gasteiger partial charge in [-0.3, -0.25) is 4.79 Å². The minimum atomic E-state index is -0.705. The van der Waals surface area contributed by atoms with E-state index in [4.69, 9.17) is 5.11 Å². The maximum atomic E-state index is 10.9. The molecule has 0 spiro atoms. The van der Waals surface area contributed by atoms with E-state index in [9.17, 15) is 4.79 Å². The van der Waals surface area contributed by atoms with Gasteiger partial charge in [-0.25, -0.2) is 0 Å². The molecule has 0 aliphatic heterocycles. The first-order valence-electron chi connectivity index (χ1n) is 4.73. The summed E-state index contributed by atoms with van der Waals surface area (Å²) in [6.45, 7) is 0. The Labute approximate surface area is 82.9 Å². The van der Waals surface area contributed by atoms with Crippen LogP contribution in [0.25, 0.3) is 0 Å². The quantitative estimate of drug-likeness (QED) is 0.724.